The molecule has 0 amide bonds. The van der Waals surface area contributed by atoms with Crippen molar-refractivity contribution in [2.45, 2.75) is 13.8 Å². The summed E-state index contributed by atoms with van der Waals surface area (Å²) in [5.74, 6) is -1.56. The van der Waals surface area contributed by atoms with Crippen molar-refractivity contribution in [2.75, 3.05) is 0 Å². The van der Waals surface area contributed by atoms with Crippen molar-refractivity contribution in [2.24, 2.45) is 0 Å². The summed E-state index contributed by atoms with van der Waals surface area (Å²) < 4.78 is 27.3. The van der Waals surface area contributed by atoms with E-state index in [1.807, 2.05) is 31.2 Å². The molecule has 0 atom stereocenters. The number of allylic oxidation sites excluding steroid dienone is 1. The SMILES string of the molecule is C/C=C\c1ccc(-c2ccc(C)c(F)c2F)cc1. The van der Waals surface area contributed by atoms with Gasteiger partial charge in [0.25, 0.3) is 0 Å². The van der Waals surface area contributed by atoms with Gasteiger partial charge >= 0.3 is 0 Å². The Labute approximate surface area is 106 Å². The van der Waals surface area contributed by atoms with Crippen LogP contribution >= 0.6 is 0 Å². The second-order valence-electron chi connectivity index (χ2n) is 4.18. The molecule has 0 aliphatic rings. The fourth-order valence-corrected chi connectivity index (χ4v) is 1.84. The first-order valence-corrected chi connectivity index (χ1v) is 5.81. The van der Waals surface area contributed by atoms with Crippen LogP contribution in [0, 0.1) is 18.6 Å². The maximum atomic E-state index is 13.8. The molecular weight excluding hydrogens is 230 g/mol. The summed E-state index contributed by atoms with van der Waals surface area (Å²) in [6.07, 6.45) is 3.89. The fourth-order valence-electron chi connectivity index (χ4n) is 1.84. The van der Waals surface area contributed by atoms with Crippen LogP contribution in [0.3, 0.4) is 0 Å². The van der Waals surface area contributed by atoms with Gasteiger partial charge in [-0.05, 0) is 30.5 Å². The molecule has 2 aromatic carbocycles. The van der Waals surface area contributed by atoms with Crippen LogP contribution in [0.1, 0.15) is 18.1 Å². The van der Waals surface area contributed by atoms with E-state index in [2.05, 4.69) is 0 Å². The van der Waals surface area contributed by atoms with Crippen molar-refractivity contribution in [1.29, 1.82) is 0 Å². The first-order chi connectivity index (χ1) is 8.63. The summed E-state index contributed by atoms with van der Waals surface area (Å²) in [4.78, 5) is 0. The fraction of sp³-hybridized carbons (Fsp3) is 0.125. The molecule has 0 fully saturated rings. The summed E-state index contributed by atoms with van der Waals surface area (Å²) in [7, 11) is 0. The van der Waals surface area contributed by atoms with Gasteiger partial charge in [-0.3, -0.25) is 0 Å². The summed E-state index contributed by atoms with van der Waals surface area (Å²) in [5, 5.41) is 0. The number of benzene rings is 2. The van der Waals surface area contributed by atoms with Crippen LogP contribution in [0.5, 0.6) is 0 Å². The van der Waals surface area contributed by atoms with Crippen LogP contribution in [0.25, 0.3) is 17.2 Å². The molecule has 2 rings (SSSR count). The van der Waals surface area contributed by atoms with Crippen molar-refractivity contribution in [3.05, 3.63) is 65.2 Å². The van der Waals surface area contributed by atoms with E-state index in [9.17, 15) is 8.78 Å². The minimum absolute atomic E-state index is 0.296. The third-order valence-corrected chi connectivity index (χ3v) is 2.86. The molecule has 0 heterocycles. The van der Waals surface area contributed by atoms with Crippen LogP contribution in [-0.2, 0) is 0 Å². The maximum Gasteiger partial charge on any atom is 0.166 e. The Kier molecular flexibility index (Phi) is 3.56. The molecule has 0 aromatic heterocycles. The van der Waals surface area contributed by atoms with Gasteiger partial charge in [-0.2, -0.15) is 0 Å². The highest BCUT2D eigenvalue weighted by Gasteiger charge is 2.11. The van der Waals surface area contributed by atoms with Gasteiger partial charge in [0.2, 0.25) is 0 Å². The van der Waals surface area contributed by atoms with Crippen LogP contribution in [0.2, 0.25) is 0 Å². The van der Waals surface area contributed by atoms with Gasteiger partial charge in [-0.25, -0.2) is 8.78 Å². The van der Waals surface area contributed by atoms with Crippen molar-refractivity contribution in [3.63, 3.8) is 0 Å². The number of halogens is 2. The van der Waals surface area contributed by atoms with Gasteiger partial charge < -0.3 is 0 Å². The van der Waals surface area contributed by atoms with Crippen LogP contribution in [0.4, 0.5) is 8.78 Å². The largest absolute Gasteiger partial charge is 0.203 e. The zero-order chi connectivity index (χ0) is 13.1. The molecule has 0 saturated carbocycles. The molecule has 0 saturated heterocycles. The minimum Gasteiger partial charge on any atom is -0.203 e. The van der Waals surface area contributed by atoms with Crippen LogP contribution in [0.15, 0.2) is 42.5 Å². The Bertz CT molecular complexity index is 581. The molecule has 0 aliphatic heterocycles. The molecule has 92 valence electrons. The lowest BCUT2D eigenvalue weighted by molar-refractivity contribution is 0.505. The van der Waals surface area contributed by atoms with Gasteiger partial charge in [0.1, 0.15) is 0 Å². The highest BCUT2D eigenvalue weighted by molar-refractivity contribution is 5.66. The summed E-state index contributed by atoms with van der Waals surface area (Å²) in [6, 6.07) is 10.6. The molecule has 0 N–H and O–H groups in total. The Balaban J connectivity index is 2.46. The molecular formula is C16H14F2. The Morgan fingerprint density at radius 2 is 1.56 bits per heavy atom. The lowest BCUT2D eigenvalue weighted by Crippen LogP contribution is -1.92. The monoisotopic (exact) mass is 244 g/mol. The van der Waals surface area contributed by atoms with Gasteiger partial charge in [0.05, 0.1) is 0 Å². The number of rotatable bonds is 2. The van der Waals surface area contributed by atoms with E-state index in [1.165, 1.54) is 0 Å². The average molecular weight is 244 g/mol. The summed E-state index contributed by atoms with van der Waals surface area (Å²) >= 11 is 0. The maximum absolute atomic E-state index is 13.8. The molecule has 0 bridgehead atoms. The van der Waals surface area contributed by atoms with Crippen molar-refractivity contribution in [1.82, 2.24) is 0 Å². The first kappa shape index (κ1) is 12.5. The van der Waals surface area contributed by atoms with Gasteiger partial charge in [-0.1, -0.05) is 48.6 Å². The second kappa shape index (κ2) is 5.13. The molecule has 0 radical (unpaired) electrons. The van der Waals surface area contributed by atoms with E-state index in [0.717, 1.165) is 5.56 Å². The van der Waals surface area contributed by atoms with Gasteiger partial charge in [-0.15, -0.1) is 0 Å². The molecule has 18 heavy (non-hydrogen) atoms. The van der Waals surface area contributed by atoms with E-state index in [-0.39, 0.29) is 0 Å². The Morgan fingerprint density at radius 3 is 2.17 bits per heavy atom. The van der Waals surface area contributed by atoms with E-state index in [4.69, 9.17) is 0 Å². The third-order valence-electron chi connectivity index (χ3n) is 2.86. The number of hydrogen-bond acceptors (Lipinski definition) is 0. The molecule has 0 aliphatic carbocycles. The standard InChI is InChI=1S/C16H14F2/c1-3-4-12-6-8-13(9-7-12)14-10-5-11(2)15(17)16(14)18/h3-10H,1-2H3/b4-3-. The summed E-state index contributed by atoms with van der Waals surface area (Å²) in [5.41, 5.74) is 2.33. The number of hydrogen-bond donors (Lipinski definition) is 0. The molecule has 2 heteroatoms. The van der Waals surface area contributed by atoms with Gasteiger partial charge in [0, 0.05) is 5.56 Å². The van der Waals surface area contributed by atoms with Crippen molar-refractivity contribution < 1.29 is 8.78 Å². The second-order valence-corrected chi connectivity index (χ2v) is 4.18. The quantitative estimate of drug-likeness (QED) is 0.699. The van der Waals surface area contributed by atoms with E-state index in [0.29, 0.717) is 16.7 Å². The van der Waals surface area contributed by atoms with Crippen LogP contribution < -0.4 is 0 Å². The molecule has 0 spiro atoms. The Morgan fingerprint density at radius 1 is 0.889 bits per heavy atom. The topological polar surface area (TPSA) is 0 Å². The van der Waals surface area contributed by atoms with Gasteiger partial charge in [0.15, 0.2) is 11.6 Å². The predicted molar refractivity (Wildman–Crippen MR) is 71.2 cm³/mol. The zero-order valence-corrected chi connectivity index (χ0v) is 10.4. The lowest BCUT2D eigenvalue weighted by Gasteiger charge is -2.06. The highest BCUT2D eigenvalue weighted by Crippen LogP contribution is 2.26. The first-order valence-electron chi connectivity index (χ1n) is 5.81. The third kappa shape index (κ3) is 2.33. The smallest absolute Gasteiger partial charge is 0.166 e. The van der Waals surface area contributed by atoms with E-state index >= 15 is 0 Å². The molecule has 0 unspecified atom stereocenters. The summed E-state index contributed by atoms with van der Waals surface area (Å²) in [6.45, 7) is 3.49. The highest BCUT2D eigenvalue weighted by atomic mass is 19.2. The van der Waals surface area contributed by atoms with E-state index < -0.39 is 11.6 Å². The lowest BCUT2D eigenvalue weighted by atomic mass is 10.0. The van der Waals surface area contributed by atoms with E-state index in [1.54, 1.807) is 31.2 Å². The molecule has 2 aromatic rings. The average Bonchev–Trinajstić information content (AvgIpc) is 2.38. The molecule has 0 nitrogen and oxygen atoms in total. The normalized spacial score (nSPS) is 11.1. The predicted octanol–water partition coefficient (Wildman–Crippen LogP) is 4.97. The van der Waals surface area contributed by atoms with Crippen molar-refractivity contribution in [3.8, 4) is 11.1 Å². The Hall–Kier alpha value is -1.96. The minimum atomic E-state index is -0.784. The number of aryl methyl sites for hydroxylation is 1. The van der Waals surface area contributed by atoms with Crippen molar-refractivity contribution >= 4 is 6.08 Å². The zero-order valence-electron chi connectivity index (χ0n) is 10.4. The van der Waals surface area contributed by atoms with Crippen LogP contribution in [-0.4, -0.2) is 0 Å².